The van der Waals surface area contributed by atoms with E-state index in [0.717, 1.165) is 5.56 Å². The second-order valence-electron chi connectivity index (χ2n) is 3.65. The van der Waals surface area contributed by atoms with Crippen molar-refractivity contribution in [1.29, 1.82) is 0 Å². The summed E-state index contributed by atoms with van der Waals surface area (Å²) in [6.07, 6.45) is 3.35. The van der Waals surface area contributed by atoms with Crippen LogP contribution in [-0.4, -0.2) is 27.7 Å². The van der Waals surface area contributed by atoms with Gasteiger partial charge in [-0.1, -0.05) is 0 Å². The van der Waals surface area contributed by atoms with Gasteiger partial charge in [0.2, 0.25) is 0 Å². The molecule has 2 aromatic rings. The summed E-state index contributed by atoms with van der Waals surface area (Å²) >= 11 is 0. The predicted molar refractivity (Wildman–Crippen MR) is 63.9 cm³/mol. The second kappa shape index (κ2) is 4.25. The topological polar surface area (TPSA) is 85.8 Å². The third-order valence-corrected chi connectivity index (χ3v) is 2.30. The summed E-state index contributed by atoms with van der Waals surface area (Å²) in [5.74, 6) is 0.278. The fourth-order valence-corrected chi connectivity index (χ4v) is 1.47. The van der Waals surface area contributed by atoms with Crippen molar-refractivity contribution in [3.63, 3.8) is 0 Å². The number of hydrogen-bond donors (Lipinski definition) is 2. The van der Waals surface area contributed by atoms with Crippen LogP contribution in [-0.2, 0) is 0 Å². The van der Waals surface area contributed by atoms with Gasteiger partial charge in [0.05, 0.1) is 5.69 Å². The molecule has 3 N–H and O–H groups in total. The highest BCUT2D eigenvalue weighted by atomic mass is 16.1. The van der Waals surface area contributed by atoms with E-state index in [0.29, 0.717) is 17.2 Å². The van der Waals surface area contributed by atoms with E-state index in [1.165, 1.54) is 4.68 Å². The van der Waals surface area contributed by atoms with Crippen LogP contribution in [0.5, 0.6) is 0 Å². The zero-order chi connectivity index (χ0) is 12.4. The smallest absolute Gasteiger partial charge is 0.271 e. The first kappa shape index (κ1) is 11.1. The van der Waals surface area contributed by atoms with E-state index in [1.807, 2.05) is 13.0 Å². The average molecular weight is 231 g/mol. The van der Waals surface area contributed by atoms with Gasteiger partial charge in [-0.05, 0) is 24.6 Å². The summed E-state index contributed by atoms with van der Waals surface area (Å²) < 4.78 is 1.49. The maximum Gasteiger partial charge on any atom is 0.271 e. The lowest BCUT2D eigenvalue weighted by Crippen LogP contribution is -2.18. The number of rotatable bonds is 2. The van der Waals surface area contributed by atoms with Gasteiger partial charge in [0.15, 0.2) is 11.5 Å². The number of amides is 1. The van der Waals surface area contributed by atoms with E-state index in [-0.39, 0.29) is 5.91 Å². The van der Waals surface area contributed by atoms with Gasteiger partial charge in [0.1, 0.15) is 0 Å². The molecule has 1 amide bonds. The summed E-state index contributed by atoms with van der Waals surface area (Å²) in [4.78, 5) is 15.5. The number of aromatic nitrogens is 3. The summed E-state index contributed by atoms with van der Waals surface area (Å²) in [5.41, 5.74) is 7.68. The van der Waals surface area contributed by atoms with Crippen molar-refractivity contribution in [2.75, 3.05) is 12.8 Å². The van der Waals surface area contributed by atoms with Crippen molar-refractivity contribution < 1.29 is 4.79 Å². The van der Waals surface area contributed by atoms with Crippen molar-refractivity contribution in [2.24, 2.45) is 0 Å². The van der Waals surface area contributed by atoms with Gasteiger partial charge in [-0.3, -0.25) is 4.79 Å². The SMILES string of the molecule is CNC(=O)c1ccn(-c2ncc(C)cc2N)n1. The molecule has 0 aliphatic carbocycles. The van der Waals surface area contributed by atoms with Crippen molar-refractivity contribution in [3.8, 4) is 5.82 Å². The number of pyridine rings is 1. The fourth-order valence-electron chi connectivity index (χ4n) is 1.47. The van der Waals surface area contributed by atoms with E-state index < -0.39 is 0 Å². The van der Waals surface area contributed by atoms with Crippen molar-refractivity contribution in [3.05, 3.63) is 35.8 Å². The van der Waals surface area contributed by atoms with Crippen LogP contribution in [0.1, 0.15) is 16.1 Å². The summed E-state index contributed by atoms with van der Waals surface area (Å²) in [6.45, 7) is 1.91. The van der Waals surface area contributed by atoms with Gasteiger partial charge in [-0.25, -0.2) is 9.67 Å². The van der Waals surface area contributed by atoms with Crippen LogP contribution in [0.15, 0.2) is 24.5 Å². The van der Waals surface area contributed by atoms with Crippen LogP contribution in [0.2, 0.25) is 0 Å². The molecule has 88 valence electrons. The third kappa shape index (κ3) is 2.10. The lowest BCUT2D eigenvalue weighted by molar-refractivity contribution is 0.0957. The third-order valence-electron chi connectivity index (χ3n) is 2.30. The summed E-state index contributed by atoms with van der Waals surface area (Å²) in [7, 11) is 1.56. The normalized spacial score (nSPS) is 10.2. The Morgan fingerprint density at radius 1 is 1.53 bits per heavy atom. The number of carbonyl (C=O) groups is 1. The van der Waals surface area contributed by atoms with E-state index in [4.69, 9.17) is 5.73 Å². The number of hydrogen-bond acceptors (Lipinski definition) is 4. The molecule has 0 bridgehead atoms. The molecule has 0 aromatic carbocycles. The maximum absolute atomic E-state index is 11.4. The molecular formula is C11H13N5O. The number of nitrogens with one attached hydrogen (secondary N) is 1. The minimum absolute atomic E-state index is 0.241. The van der Waals surface area contributed by atoms with E-state index in [1.54, 1.807) is 25.5 Å². The molecule has 2 aromatic heterocycles. The zero-order valence-electron chi connectivity index (χ0n) is 9.64. The molecule has 0 aliphatic heterocycles. The first-order valence-electron chi connectivity index (χ1n) is 5.12. The molecule has 0 atom stereocenters. The monoisotopic (exact) mass is 231 g/mol. The molecule has 0 radical (unpaired) electrons. The predicted octanol–water partition coefficient (Wildman–Crippen LogP) is 0.518. The first-order valence-corrected chi connectivity index (χ1v) is 5.12. The number of anilines is 1. The molecule has 17 heavy (non-hydrogen) atoms. The van der Waals surface area contributed by atoms with Gasteiger partial charge in [0, 0.05) is 19.4 Å². The Morgan fingerprint density at radius 3 is 2.94 bits per heavy atom. The highest BCUT2D eigenvalue weighted by Gasteiger charge is 2.10. The van der Waals surface area contributed by atoms with Crippen LogP contribution < -0.4 is 11.1 Å². The van der Waals surface area contributed by atoms with Gasteiger partial charge < -0.3 is 11.1 Å². The number of aryl methyl sites for hydroxylation is 1. The second-order valence-corrected chi connectivity index (χ2v) is 3.65. The quantitative estimate of drug-likeness (QED) is 0.788. The Bertz CT molecular complexity index is 561. The maximum atomic E-state index is 11.4. The average Bonchev–Trinajstić information content (AvgIpc) is 2.77. The van der Waals surface area contributed by atoms with Crippen LogP contribution in [0, 0.1) is 6.92 Å². The molecule has 0 unspecified atom stereocenters. The lowest BCUT2D eigenvalue weighted by atomic mass is 10.3. The first-order chi connectivity index (χ1) is 8.11. The van der Waals surface area contributed by atoms with Gasteiger partial charge in [-0.2, -0.15) is 5.10 Å². The lowest BCUT2D eigenvalue weighted by Gasteiger charge is -2.04. The minimum Gasteiger partial charge on any atom is -0.396 e. The van der Waals surface area contributed by atoms with Crippen LogP contribution in [0.3, 0.4) is 0 Å². The van der Waals surface area contributed by atoms with E-state index >= 15 is 0 Å². The summed E-state index contributed by atoms with van der Waals surface area (Å²) in [5, 5.41) is 6.61. The van der Waals surface area contributed by atoms with E-state index in [9.17, 15) is 4.79 Å². The number of nitrogens with two attached hydrogens (primary N) is 1. The zero-order valence-corrected chi connectivity index (χ0v) is 9.64. The van der Waals surface area contributed by atoms with Gasteiger partial charge >= 0.3 is 0 Å². The van der Waals surface area contributed by atoms with Crippen molar-refractivity contribution >= 4 is 11.6 Å². The standard InChI is InChI=1S/C11H13N5O/c1-7-5-8(12)10(14-6-7)16-4-3-9(15-16)11(17)13-2/h3-6H,12H2,1-2H3,(H,13,17). The number of nitrogens with zero attached hydrogens (tertiary/aromatic N) is 3. The van der Waals surface area contributed by atoms with Crippen molar-refractivity contribution in [2.45, 2.75) is 6.92 Å². The largest absolute Gasteiger partial charge is 0.396 e. The minimum atomic E-state index is -0.241. The molecule has 6 heteroatoms. The molecule has 0 aliphatic rings. The summed E-state index contributed by atoms with van der Waals surface area (Å²) in [6, 6.07) is 3.42. The molecule has 0 saturated heterocycles. The molecule has 0 fully saturated rings. The fraction of sp³-hybridized carbons (Fsp3) is 0.182. The van der Waals surface area contributed by atoms with Crippen LogP contribution in [0.25, 0.3) is 5.82 Å². The Balaban J connectivity index is 2.40. The number of carbonyl (C=O) groups excluding carboxylic acids is 1. The Morgan fingerprint density at radius 2 is 2.29 bits per heavy atom. The molecule has 6 nitrogen and oxygen atoms in total. The molecule has 2 heterocycles. The molecular weight excluding hydrogens is 218 g/mol. The Labute approximate surface area is 98.5 Å². The molecule has 0 spiro atoms. The van der Waals surface area contributed by atoms with Gasteiger partial charge in [-0.15, -0.1) is 0 Å². The highest BCUT2D eigenvalue weighted by Crippen LogP contribution is 2.14. The molecule has 0 saturated carbocycles. The number of nitrogen functional groups attached to an aromatic ring is 1. The van der Waals surface area contributed by atoms with Crippen LogP contribution >= 0.6 is 0 Å². The Hall–Kier alpha value is -2.37. The molecule has 2 rings (SSSR count). The Kier molecular flexibility index (Phi) is 2.78. The van der Waals surface area contributed by atoms with Crippen molar-refractivity contribution in [1.82, 2.24) is 20.1 Å². The van der Waals surface area contributed by atoms with Gasteiger partial charge in [0.25, 0.3) is 5.91 Å². The highest BCUT2D eigenvalue weighted by molar-refractivity contribution is 5.91. The van der Waals surface area contributed by atoms with E-state index in [2.05, 4.69) is 15.4 Å². The van der Waals surface area contributed by atoms with Crippen LogP contribution in [0.4, 0.5) is 5.69 Å².